The predicted octanol–water partition coefficient (Wildman–Crippen LogP) is 2.12. The van der Waals surface area contributed by atoms with Crippen LogP contribution in [0.25, 0.3) is 22.3 Å². The minimum atomic E-state index is 0.251. The van der Waals surface area contributed by atoms with Gasteiger partial charge < -0.3 is 19.9 Å². The average molecular weight is 229 g/mol. The molecule has 3 N–H and O–H groups in total. The Morgan fingerprint density at radius 1 is 1.35 bits per heavy atom. The summed E-state index contributed by atoms with van der Waals surface area (Å²) >= 11 is 0. The van der Waals surface area contributed by atoms with Crippen LogP contribution in [0.4, 0.5) is 5.88 Å². The third-order valence-electron chi connectivity index (χ3n) is 2.85. The van der Waals surface area contributed by atoms with Gasteiger partial charge in [0.05, 0.1) is 11.2 Å². The fourth-order valence-electron chi connectivity index (χ4n) is 2.00. The molecule has 5 heteroatoms. The molecule has 0 aliphatic heterocycles. The maximum absolute atomic E-state index is 9.78. The number of benzene rings is 1. The van der Waals surface area contributed by atoms with Gasteiger partial charge in [-0.3, -0.25) is 0 Å². The number of phenolic OH excluding ortho intramolecular Hbond substituents is 1. The van der Waals surface area contributed by atoms with E-state index in [1.54, 1.807) is 18.2 Å². The number of nitrogen functional groups attached to an aromatic ring is 1. The predicted molar refractivity (Wildman–Crippen MR) is 64.5 cm³/mol. The van der Waals surface area contributed by atoms with Gasteiger partial charge in [-0.15, -0.1) is 0 Å². The molecule has 0 saturated heterocycles. The molecule has 86 valence electrons. The van der Waals surface area contributed by atoms with Crippen LogP contribution in [0.1, 0.15) is 0 Å². The summed E-state index contributed by atoms with van der Waals surface area (Å²) in [5.41, 5.74) is 7.94. The first kappa shape index (κ1) is 9.77. The van der Waals surface area contributed by atoms with Crippen molar-refractivity contribution < 1.29 is 9.63 Å². The van der Waals surface area contributed by atoms with Gasteiger partial charge in [0.25, 0.3) is 0 Å². The van der Waals surface area contributed by atoms with E-state index in [2.05, 4.69) is 5.16 Å². The van der Waals surface area contributed by atoms with Gasteiger partial charge >= 0.3 is 0 Å². The molecule has 0 aliphatic rings. The first-order chi connectivity index (χ1) is 8.16. The molecule has 0 aliphatic carbocycles. The summed E-state index contributed by atoms with van der Waals surface area (Å²) in [5, 5.41) is 14.4. The first-order valence-corrected chi connectivity index (χ1v) is 5.17. The molecule has 2 heterocycles. The van der Waals surface area contributed by atoms with Crippen LogP contribution in [0, 0.1) is 0 Å². The number of nitrogens with two attached hydrogens (primary N) is 1. The Labute approximate surface area is 97.1 Å². The summed E-state index contributed by atoms with van der Waals surface area (Å²) < 4.78 is 6.79. The molecule has 2 aromatic heterocycles. The van der Waals surface area contributed by atoms with Crippen LogP contribution in [0.5, 0.6) is 5.75 Å². The highest BCUT2D eigenvalue weighted by molar-refractivity contribution is 5.91. The van der Waals surface area contributed by atoms with E-state index in [9.17, 15) is 5.11 Å². The van der Waals surface area contributed by atoms with Gasteiger partial charge in [0.2, 0.25) is 5.88 Å². The Kier molecular flexibility index (Phi) is 1.89. The summed E-state index contributed by atoms with van der Waals surface area (Å²) in [6.45, 7) is 0. The van der Waals surface area contributed by atoms with Gasteiger partial charge in [0, 0.05) is 18.5 Å². The largest absolute Gasteiger partial charge is 0.507 e. The zero-order valence-electron chi connectivity index (χ0n) is 9.21. The van der Waals surface area contributed by atoms with Crippen LogP contribution in [0.15, 0.2) is 34.9 Å². The number of fused-ring (bicyclic) bond motifs is 1. The molecular formula is C12H11N3O2. The lowest BCUT2D eigenvalue weighted by atomic mass is 10.2. The lowest BCUT2D eigenvalue weighted by Crippen LogP contribution is -1.90. The highest BCUT2D eigenvalue weighted by Gasteiger charge is 2.13. The Balaban J connectivity index is 2.31. The minimum absolute atomic E-state index is 0.251. The maximum Gasteiger partial charge on any atom is 0.222 e. The molecule has 17 heavy (non-hydrogen) atoms. The fourth-order valence-corrected chi connectivity index (χ4v) is 2.00. The van der Waals surface area contributed by atoms with Gasteiger partial charge in [0.15, 0.2) is 0 Å². The number of nitrogens with zero attached hydrogens (tertiary/aromatic N) is 2. The maximum atomic E-state index is 9.78. The van der Waals surface area contributed by atoms with E-state index in [4.69, 9.17) is 10.3 Å². The first-order valence-electron chi connectivity index (χ1n) is 5.17. The number of anilines is 1. The Morgan fingerprint density at radius 3 is 2.82 bits per heavy atom. The van der Waals surface area contributed by atoms with Crippen molar-refractivity contribution in [2.24, 2.45) is 7.05 Å². The third-order valence-corrected chi connectivity index (χ3v) is 2.85. The number of hydrogen-bond acceptors (Lipinski definition) is 4. The third kappa shape index (κ3) is 1.36. The summed E-state index contributed by atoms with van der Waals surface area (Å²) in [6, 6.07) is 8.91. The molecule has 0 radical (unpaired) electrons. The van der Waals surface area contributed by atoms with Crippen LogP contribution in [0.2, 0.25) is 0 Å². The average Bonchev–Trinajstić information content (AvgIpc) is 2.85. The number of phenols is 1. The van der Waals surface area contributed by atoms with Crippen LogP contribution in [-0.4, -0.2) is 14.8 Å². The standard InChI is InChI=1S/C12H11N3O2/c1-15-9-3-2-4-11(16)7(9)5-10(15)8-6-12(13)17-14-8/h2-6,16H,13H2,1H3. The molecule has 3 aromatic rings. The SMILES string of the molecule is Cn1c(-c2cc(N)on2)cc2c(O)cccc21. The van der Waals surface area contributed by atoms with Crippen molar-refractivity contribution in [3.05, 3.63) is 30.3 Å². The molecule has 0 unspecified atom stereocenters. The van der Waals surface area contributed by atoms with Crippen molar-refractivity contribution in [3.8, 4) is 17.1 Å². The summed E-state index contributed by atoms with van der Waals surface area (Å²) in [6.07, 6.45) is 0. The molecule has 0 spiro atoms. The van der Waals surface area contributed by atoms with Crippen molar-refractivity contribution >= 4 is 16.8 Å². The van der Waals surface area contributed by atoms with Crippen molar-refractivity contribution in [1.82, 2.24) is 9.72 Å². The molecule has 0 saturated carbocycles. The van der Waals surface area contributed by atoms with E-state index < -0.39 is 0 Å². The van der Waals surface area contributed by atoms with Gasteiger partial charge in [-0.2, -0.15) is 0 Å². The van der Waals surface area contributed by atoms with Crippen LogP contribution >= 0.6 is 0 Å². The Bertz CT molecular complexity index is 697. The molecule has 0 atom stereocenters. The van der Waals surface area contributed by atoms with Crippen molar-refractivity contribution in [2.45, 2.75) is 0 Å². The van der Waals surface area contributed by atoms with Gasteiger partial charge in [-0.25, -0.2) is 0 Å². The fraction of sp³-hybridized carbons (Fsp3) is 0.0833. The molecule has 0 amide bonds. The monoisotopic (exact) mass is 229 g/mol. The quantitative estimate of drug-likeness (QED) is 0.670. The zero-order valence-corrected chi connectivity index (χ0v) is 9.21. The van der Waals surface area contributed by atoms with E-state index in [0.717, 1.165) is 16.6 Å². The lowest BCUT2D eigenvalue weighted by Gasteiger charge is -2.00. The van der Waals surface area contributed by atoms with Crippen LogP contribution in [-0.2, 0) is 7.05 Å². The summed E-state index contributed by atoms with van der Waals surface area (Å²) in [4.78, 5) is 0. The molecular weight excluding hydrogens is 218 g/mol. The number of aryl methyl sites for hydroxylation is 1. The normalized spacial score (nSPS) is 11.1. The van der Waals surface area contributed by atoms with E-state index in [0.29, 0.717) is 5.69 Å². The molecule has 3 rings (SSSR count). The second-order valence-electron chi connectivity index (χ2n) is 3.91. The zero-order chi connectivity index (χ0) is 12.0. The Hall–Kier alpha value is -2.43. The highest BCUT2D eigenvalue weighted by Crippen LogP contribution is 2.32. The lowest BCUT2D eigenvalue weighted by molar-refractivity contribution is 0.438. The van der Waals surface area contributed by atoms with Crippen LogP contribution in [0.3, 0.4) is 0 Å². The second kappa shape index (κ2) is 3.28. The number of aromatic nitrogens is 2. The molecule has 5 nitrogen and oxygen atoms in total. The molecule has 1 aromatic carbocycles. The van der Waals surface area contributed by atoms with Crippen LogP contribution < -0.4 is 5.73 Å². The number of hydrogen-bond donors (Lipinski definition) is 2. The van der Waals surface area contributed by atoms with Gasteiger partial charge in [0.1, 0.15) is 11.4 Å². The second-order valence-corrected chi connectivity index (χ2v) is 3.91. The Morgan fingerprint density at radius 2 is 2.18 bits per heavy atom. The van der Waals surface area contributed by atoms with Gasteiger partial charge in [-0.05, 0) is 18.2 Å². The van der Waals surface area contributed by atoms with E-state index in [1.165, 1.54) is 0 Å². The smallest absolute Gasteiger partial charge is 0.222 e. The number of rotatable bonds is 1. The van der Waals surface area contributed by atoms with Crippen molar-refractivity contribution in [2.75, 3.05) is 5.73 Å². The topological polar surface area (TPSA) is 77.2 Å². The summed E-state index contributed by atoms with van der Waals surface area (Å²) in [5.74, 6) is 0.523. The molecule has 0 fully saturated rings. The van der Waals surface area contributed by atoms with E-state index in [-0.39, 0.29) is 11.6 Å². The molecule has 0 bridgehead atoms. The van der Waals surface area contributed by atoms with E-state index in [1.807, 2.05) is 23.7 Å². The van der Waals surface area contributed by atoms with E-state index >= 15 is 0 Å². The number of aromatic hydroxyl groups is 1. The van der Waals surface area contributed by atoms with Crippen molar-refractivity contribution in [1.29, 1.82) is 0 Å². The minimum Gasteiger partial charge on any atom is -0.507 e. The van der Waals surface area contributed by atoms with Gasteiger partial charge in [-0.1, -0.05) is 11.2 Å². The highest BCUT2D eigenvalue weighted by atomic mass is 16.5. The van der Waals surface area contributed by atoms with Crippen molar-refractivity contribution in [3.63, 3.8) is 0 Å². The summed E-state index contributed by atoms with van der Waals surface area (Å²) in [7, 11) is 1.90.